The van der Waals surface area contributed by atoms with Gasteiger partial charge in [0.25, 0.3) is 11.8 Å². The van der Waals surface area contributed by atoms with Gasteiger partial charge in [-0.05, 0) is 36.4 Å². The Morgan fingerprint density at radius 1 is 0.920 bits per heavy atom. The molecule has 0 atom stereocenters. The molecule has 0 aliphatic carbocycles. The van der Waals surface area contributed by atoms with Crippen LogP contribution in [0.25, 0.3) is 0 Å². The van der Waals surface area contributed by atoms with E-state index in [1.165, 1.54) is 0 Å². The number of hydrogen-bond acceptors (Lipinski definition) is 3. The molecule has 0 saturated carbocycles. The van der Waals surface area contributed by atoms with E-state index in [-0.39, 0.29) is 24.6 Å². The Labute approximate surface area is 146 Å². The lowest BCUT2D eigenvalue weighted by molar-refractivity contribution is -0.141. The van der Waals surface area contributed by atoms with Crippen molar-refractivity contribution in [3.05, 3.63) is 64.4 Å². The highest BCUT2D eigenvalue weighted by Crippen LogP contribution is 2.27. The number of alkyl halides is 3. The molecule has 2 rings (SSSR count). The minimum absolute atomic E-state index is 0.00275. The second-order valence-electron chi connectivity index (χ2n) is 4.95. The van der Waals surface area contributed by atoms with Gasteiger partial charge in [0.1, 0.15) is 5.69 Å². The normalized spacial score (nSPS) is 11.0. The monoisotopic (exact) mass is 371 g/mol. The van der Waals surface area contributed by atoms with Gasteiger partial charge < -0.3 is 10.6 Å². The van der Waals surface area contributed by atoms with E-state index in [9.17, 15) is 22.8 Å². The van der Waals surface area contributed by atoms with Gasteiger partial charge in [0.2, 0.25) is 0 Å². The first-order chi connectivity index (χ1) is 11.8. The molecule has 5 nitrogen and oxygen atoms in total. The summed E-state index contributed by atoms with van der Waals surface area (Å²) in [7, 11) is 0. The van der Waals surface area contributed by atoms with Crippen LogP contribution < -0.4 is 10.6 Å². The van der Waals surface area contributed by atoms with Crippen LogP contribution in [-0.2, 0) is 6.18 Å². The van der Waals surface area contributed by atoms with Crippen molar-refractivity contribution in [3.8, 4) is 0 Å². The number of aromatic nitrogens is 1. The summed E-state index contributed by atoms with van der Waals surface area (Å²) in [6.07, 6.45) is -3.70. The van der Waals surface area contributed by atoms with E-state index in [1.54, 1.807) is 24.3 Å². The number of amides is 2. The SMILES string of the molecule is O=C(NCCNC(=O)c1ccc(C(F)(F)F)nc1)c1ccc(Cl)cc1. The number of nitrogens with one attached hydrogen (secondary N) is 2. The first kappa shape index (κ1) is 18.7. The lowest BCUT2D eigenvalue weighted by Crippen LogP contribution is -2.34. The molecule has 132 valence electrons. The molecule has 1 heterocycles. The van der Waals surface area contributed by atoms with Crippen LogP contribution >= 0.6 is 11.6 Å². The molecule has 0 spiro atoms. The molecule has 0 fully saturated rings. The van der Waals surface area contributed by atoms with Crippen molar-refractivity contribution >= 4 is 23.4 Å². The lowest BCUT2D eigenvalue weighted by Gasteiger charge is -2.08. The fraction of sp³-hybridized carbons (Fsp3) is 0.188. The summed E-state index contributed by atoms with van der Waals surface area (Å²) in [5, 5.41) is 5.58. The smallest absolute Gasteiger partial charge is 0.350 e. The largest absolute Gasteiger partial charge is 0.433 e. The molecule has 2 amide bonds. The van der Waals surface area contributed by atoms with Crippen molar-refractivity contribution in [1.29, 1.82) is 0 Å². The summed E-state index contributed by atoms with van der Waals surface area (Å²) < 4.78 is 37.2. The maximum atomic E-state index is 12.4. The summed E-state index contributed by atoms with van der Waals surface area (Å²) in [5.74, 6) is -0.913. The summed E-state index contributed by atoms with van der Waals surface area (Å²) >= 11 is 5.72. The Kier molecular flexibility index (Phi) is 5.97. The van der Waals surface area contributed by atoms with E-state index >= 15 is 0 Å². The van der Waals surface area contributed by atoms with Crippen molar-refractivity contribution in [1.82, 2.24) is 15.6 Å². The molecule has 0 bridgehead atoms. The van der Waals surface area contributed by atoms with Gasteiger partial charge in [-0.2, -0.15) is 13.2 Å². The molecule has 1 aromatic heterocycles. The van der Waals surface area contributed by atoms with Gasteiger partial charge in [0, 0.05) is 29.9 Å². The highest BCUT2D eigenvalue weighted by atomic mass is 35.5. The van der Waals surface area contributed by atoms with E-state index in [0.717, 1.165) is 18.3 Å². The van der Waals surface area contributed by atoms with Crippen LogP contribution in [0.15, 0.2) is 42.6 Å². The number of pyridine rings is 1. The standard InChI is InChI=1S/C16H13ClF3N3O2/c17-12-4-1-10(2-5-12)14(24)21-7-8-22-15(25)11-3-6-13(23-9-11)16(18,19)20/h1-6,9H,7-8H2,(H,21,24)(H,22,25). The molecule has 0 radical (unpaired) electrons. The second-order valence-corrected chi connectivity index (χ2v) is 5.39. The van der Waals surface area contributed by atoms with Gasteiger partial charge in [-0.25, -0.2) is 0 Å². The maximum Gasteiger partial charge on any atom is 0.433 e. The Balaban J connectivity index is 1.78. The van der Waals surface area contributed by atoms with E-state index < -0.39 is 17.8 Å². The topological polar surface area (TPSA) is 71.1 Å². The Hall–Kier alpha value is -2.61. The highest BCUT2D eigenvalue weighted by molar-refractivity contribution is 6.30. The average Bonchev–Trinajstić information content (AvgIpc) is 2.58. The number of benzene rings is 1. The summed E-state index contributed by atoms with van der Waals surface area (Å²) in [6.45, 7) is 0.264. The molecule has 0 aliphatic rings. The predicted octanol–water partition coefficient (Wildman–Crippen LogP) is 2.91. The number of carbonyl (C=O) groups excluding carboxylic acids is 2. The van der Waals surface area contributed by atoms with Gasteiger partial charge >= 0.3 is 6.18 Å². The summed E-state index contributed by atoms with van der Waals surface area (Å²) in [5.41, 5.74) is -0.654. The van der Waals surface area contributed by atoms with Crippen molar-refractivity contribution in [3.63, 3.8) is 0 Å². The zero-order valence-corrected chi connectivity index (χ0v) is 13.5. The van der Waals surface area contributed by atoms with Gasteiger partial charge in [0.05, 0.1) is 5.56 Å². The van der Waals surface area contributed by atoms with E-state index in [4.69, 9.17) is 11.6 Å². The maximum absolute atomic E-state index is 12.4. The minimum atomic E-state index is -4.55. The fourth-order valence-corrected chi connectivity index (χ4v) is 1.98. The molecular weight excluding hydrogens is 359 g/mol. The zero-order chi connectivity index (χ0) is 18.4. The number of carbonyl (C=O) groups is 2. The predicted molar refractivity (Wildman–Crippen MR) is 85.4 cm³/mol. The Morgan fingerprint density at radius 3 is 1.92 bits per heavy atom. The van der Waals surface area contributed by atoms with Crippen molar-refractivity contribution in [2.24, 2.45) is 0 Å². The molecule has 2 N–H and O–H groups in total. The van der Waals surface area contributed by atoms with Crippen LogP contribution in [0.1, 0.15) is 26.4 Å². The quantitative estimate of drug-likeness (QED) is 0.794. The average molecular weight is 372 g/mol. The van der Waals surface area contributed by atoms with Gasteiger partial charge in [0.15, 0.2) is 0 Å². The van der Waals surface area contributed by atoms with E-state index in [0.29, 0.717) is 10.6 Å². The van der Waals surface area contributed by atoms with Crippen LogP contribution in [0.4, 0.5) is 13.2 Å². The van der Waals surface area contributed by atoms with Crippen LogP contribution in [-0.4, -0.2) is 29.9 Å². The third-order valence-corrected chi connectivity index (χ3v) is 3.37. The van der Waals surface area contributed by atoms with Crippen molar-refractivity contribution in [2.45, 2.75) is 6.18 Å². The van der Waals surface area contributed by atoms with Crippen molar-refractivity contribution in [2.75, 3.05) is 13.1 Å². The fourth-order valence-electron chi connectivity index (χ4n) is 1.85. The van der Waals surface area contributed by atoms with Crippen molar-refractivity contribution < 1.29 is 22.8 Å². The molecule has 25 heavy (non-hydrogen) atoms. The second kappa shape index (κ2) is 7.98. The van der Waals surface area contributed by atoms with E-state index in [2.05, 4.69) is 15.6 Å². The van der Waals surface area contributed by atoms with Crippen LogP contribution in [0.5, 0.6) is 0 Å². The van der Waals surface area contributed by atoms with E-state index in [1.807, 2.05) is 0 Å². The first-order valence-corrected chi connectivity index (χ1v) is 7.50. The highest BCUT2D eigenvalue weighted by Gasteiger charge is 2.32. The third-order valence-electron chi connectivity index (χ3n) is 3.12. The van der Waals surface area contributed by atoms with Crippen LogP contribution in [0.2, 0.25) is 5.02 Å². The molecular formula is C16H13ClF3N3O2. The van der Waals surface area contributed by atoms with Gasteiger partial charge in [-0.1, -0.05) is 11.6 Å². The zero-order valence-electron chi connectivity index (χ0n) is 12.7. The molecule has 2 aromatic rings. The Bertz CT molecular complexity index is 747. The number of halogens is 4. The molecule has 0 unspecified atom stereocenters. The van der Waals surface area contributed by atoms with Gasteiger partial charge in [-0.3, -0.25) is 14.6 Å². The molecule has 0 aliphatic heterocycles. The number of nitrogens with zero attached hydrogens (tertiary/aromatic N) is 1. The molecule has 9 heteroatoms. The Morgan fingerprint density at radius 2 is 1.44 bits per heavy atom. The van der Waals surface area contributed by atoms with Gasteiger partial charge in [-0.15, -0.1) is 0 Å². The summed E-state index contributed by atoms with van der Waals surface area (Å²) in [6, 6.07) is 8.05. The summed E-state index contributed by atoms with van der Waals surface area (Å²) in [4.78, 5) is 26.8. The molecule has 1 aromatic carbocycles. The van der Waals surface area contributed by atoms with Crippen LogP contribution in [0.3, 0.4) is 0 Å². The number of rotatable bonds is 5. The first-order valence-electron chi connectivity index (χ1n) is 7.12. The number of hydrogen-bond donors (Lipinski definition) is 2. The minimum Gasteiger partial charge on any atom is -0.350 e. The van der Waals surface area contributed by atoms with Crippen LogP contribution in [0, 0.1) is 0 Å². The lowest BCUT2D eigenvalue weighted by atomic mass is 10.2. The third kappa shape index (κ3) is 5.46. The molecule has 0 saturated heterocycles.